The fourth-order valence-corrected chi connectivity index (χ4v) is 2.43. The van der Waals surface area contributed by atoms with Gasteiger partial charge >= 0.3 is 11.9 Å². The van der Waals surface area contributed by atoms with E-state index in [1.54, 1.807) is 24.3 Å². The quantitative estimate of drug-likeness (QED) is 0.367. The van der Waals surface area contributed by atoms with Gasteiger partial charge in [0.25, 0.3) is 0 Å². The van der Waals surface area contributed by atoms with Crippen LogP contribution in [0.5, 0.6) is 0 Å². The van der Waals surface area contributed by atoms with Gasteiger partial charge in [-0.3, -0.25) is 9.59 Å². The molecular formula is C18H24O9. The lowest BCUT2D eigenvalue weighted by molar-refractivity contribution is -0.308. The normalized spacial score (nSPS) is 28.6. The zero-order valence-corrected chi connectivity index (χ0v) is 15.0. The van der Waals surface area contributed by atoms with Gasteiger partial charge in [0.1, 0.15) is 18.3 Å². The lowest BCUT2D eigenvalue weighted by Gasteiger charge is -2.41. The standard InChI is InChI=1S/C18H24O9/c1-18(2,16(22)23)17(24)27-14-13(21)12(20)11(8-19)26-15(14)25-9-10-6-4-3-5-7-10/h3-7,11-15,19-21H,8-9H2,1-2H3,(H,22,23)/t11-,12-,13+,14-,15-/m1/s1. The van der Waals surface area contributed by atoms with Gasteiger partial charge in [0.2, 0.25) is 0 Å². The second-order valence-electron chi connectivity index (χ2n) is 6.80. The maximum absolute atomic E-state index is 12.2. The second-order valence-corrected chi connectivity index (χ2v) is 6.80. The van der Waals surface area contributed by atoms with Gasteiger partial charge in [-0.05, 0) is 19.4 Å². The van der Waals surface area contributed by atoms with Crippen LogP contribution < -0.4 is 0 Å². The highest BCUT2D eigenvalue weighted by Gasteiger charge is 2.49. The summed E-state index contributed by atoms with van der Waals surface area (Å²) in [6, 6.07) is 8.98. The minimum Gasteiger partial charge on any atom is -0.480 e. The molecule has 1 aromatic carbocycles. The number of hydrogen-bond acceptors (Lipinski definition) is 8. The molecule has 1 aromatic rings. The van der Waals surface area contributed by atoms with Crippen molar-refractivity contribution in [3.8, 4) is 0 Å². The van der Waals surface area contributed by atoms with Crippen LogP contribution in [0.15, 0.2) is 30.3 Å². The van der Waals surface area contributed by atoms with E-state index in [4.69, 9.17) is 19.3 Å². The predicted octanol–water partition coefficient (Wildman–Crippen LogP) is -0.335. The summed E-state index contributed by atoms with van der Waals surface area (Å²) in [4.78, 5) is 23.5. The van der Waals surface area contributed by atoms with E-state index in [2.05, 4.69) is 0 Å². The Morgan fingerprint density at radius 3 is 2.33 bits per heavy atom. The van der Waals surface area contributed by atoms with E-state index >= 15 is 0 Å². The van der Waals surface area contributed by atoms with Gasteiger partial charge in [-0.25, -0.2) is 0 Å². The molecule has 9 nitrogen and oxygen atoms in total. The molecule has 1 aliphatic rings. The molecule has 1 heterocycles. The van der Waals surface area contributed by atoms with Crippen molar-refractivity contribution in [2.24, 2.45) is 5.41 Å². The number of ether oxygens (including phenoxy) is 3. The van der Waals surface area contributed by atoms with Crippen LogP contribution in [-0.4, -0.2) is 69.7 Å². The van der Waals surface area contributed by atoms with E-state index in [1.807, 2.05) is 6.07 Å². The van der Waals surface area contributed by atoms with Crippen LogP contribution in [0.4, 0.5) is 0 Å². The van der Waals surface area contributed by atoms with E-state index < -0.39 is 54.7 Å². The van der Waals surface area contributed by atoms with Gasteiger partial charge in [0.15, 0.2) is 17.8 Å². The van der Waals surface area contributed by atoms with Gasteiger partial charge in [0.05, 0.1) is 13.2 Å². The number of carboxylic acids is 1. The predicted molar refractivity (Wildman–Crippen MR) is 90.3 cm³/mol. The first kappa shape index (κ1) is 21.3. The zero-order valence-electron chi connectivity index (χ0n) is 15.0. The summed E-state index contributed by atoms with van der Waals surface area (Å²) in [7, 11) is 0. The molecule has 5 atom stereocenters. The molecule has 0 amide bonds. The third kappa shape index (κ3) is 4.82. The van der Waals surface area contributed by atoms with E-state index in [0.29, 0.717) is 0 Å². The molecule has 1 saturated heterocycles. The Kier molecular flexibility index (Phi) is 6.90. The number of benzene rings is 1. The average molecular weight is 384 g/mol. The van der Waals surface area contributed by atoms with Crippen LogP contribution in [0.3, 0.4) is 0 Å². The third-order valence-corrected chi connectivity index (χ3v) is 4.37. The maximum atomic E-state index is 12.2. The van der Waals surface area contributed by atoms with Crippen LogP contribution in [0.25, 0.3) is 0 Å². The number of carbonyl (C=O) groups is 2. The van der Waals surface area contributed by atoms with E-state index in [9.17, 15) is 24.9 Å². The van der Waals surface area contributed by atoms with Crippen molar-refractivity contribution in [3.05, 3.63) is 35.9 Å². The molecule has 0 aliphatic carbocycles. The number of esters is 1. The molecule has 0 radical (unpaired) electrons. The second kappa shape index (κ2) is 8.77. The van der Waals surface area contributed by atoms with Crippen LogP contribution in [0.2, 0.25) is 0 Å². The Morgan fingerprint density at radius 2 is 1.78 bits per heavy atom. The van der Waals surface area contributed by atoms with Crippen molar-refractivity contribution in [2.45, 2.75) is 51.2 Å². The molecule has 2 rings (SSSR count). The number of aliphatic carboxylic acids is 1. The number of carbonyl (C=O) groups excluding carboxylic acids is 1. The first-order valence-corrected chi connectivity index (χ1v) is 8.41. The molecule has 0 unspecified atom stereocenters. The summed E-state index contributed by atoms with van der Waals surface area (Å²) in [5, 5.41) is 38.8. The number of hydrogen-bond donors (Lipinski definition) is 4. The molecule has 1 aliphatic heterocycles. The van der Waals surface area contributed by atoms with Gasteiger partial charge in [-0.15, -0.1) is 0 Å². The molecule has 9 heteroatoms. The summed E-state index contributed by atoms with van der Waals surface area (Å²) >= 11 is 0. The van der Waals surface area contributed by atoms with Gasteiger partial charge in [0, 0.05) is 0 Å². The number of carboxylic acid groups (broad SMARTS) is 1. The molecule has 0 bridgehead atoms. The number of rotatable bonds is 7. The average Bonchev–Trinajstić information content (AvgIpc) is 2.65. The molecule has 27 heavy (non-hydrogen) atoms. The summed E-state index contributed by atoms with van der Waals surface area (Å²) in [5.41, 5.74) is -1.10. The Morgan fingerprint density at radius 1 is 1.15 bits per heavy atom. The molecule has 150 valence electrons. The molecule has 4 N–H and O–H groups in total. The minimum atomic E-state index is -1.87. The smallest absolute Gasteiger partial charge is 0.323 e. The first-order chi connectivity index (χ1) is 12.7. The van der Waals surface area contributed by atoms with E-state index in [1.165, 1.54) is 0 Å². The highest BCUT2D eigenvalue weighted by atomic mass is 16.7. The van der Waals surface area contributed by atoms with Crippen molar-refractivity contribution in [1.29, 1.82) is 0 Å². The highest BCUT2D eigenvalue weighted by Crippen LogP contribution is 2.28. The lowest BCUT2D eigenvalue weighted by Crippen LogP contribution is -2.61. The number of aliphatic hydroxyl groups excluding tert-OH is 3. The zero-order chi connectivity index (χ0) is 20.2. The highest BCUT2D eigenvalue weighted by molar-refractivity contribution is 5.98. The van der Waals surface area contributed by atoms with Crippen molar-refractivity contribution < 1.29 is 44.2 Å². The van der Waals surface area contributed by atoms with Crippen molar-refractivity contribution in [1.82, 2.24) is 0 Å². The monoisotopic (exact) mass is 384 g/mol. The fraction of sp³-hybridized carbons (Fsp3) is 0.556. The van der Waals surface area contributed by atoms with Crippen molar-refractivity contribution >= 4 is 11.9 Å². The van der Waals surface area contributed by atoms with E-state index in [0.717, 1.165) is 19.4 Å². The van der Waals surface area contributed by atoms with Crippen LogP contribution in [-0.2, 0) is 30.4 Å². The van der Waals surface area contributed by atoms with Gasteiger partial charge < -0.3 is 34.6 Å². The van der Waals surface area contributed by atoms with Crippen molar-refractivity contribution in [3.63, 3.8) is 0 Å². The number of aliphatic hydroxyl groups is 3. The largest absolute Gasteiger partial charge is 0.480 e. The minimum absolute atomic E-state index is 0.0445. The summed E-state index contributed by atoms with van der Waals surface area (Å²) in [6.07, 6.45) is -7.11. The fourth-order valence-electron chi connectivity index (χ4n) is 2.43. The Hall–Kier alpha value is -2.04. The summed E-state index contributed by atoms with van der Waals surface area (Å²) in [6.45, 7) is 1.76. The SMILES string of the molecule is CC(C)(C(=O)O)C(=O)O[C@H]1[C@H](OCc2ccccc2)O[C@H](CO)[C@@H](O)[C@@H]1O. The van der Waals surface area contributed by atoms with Gasteiger partial charge in [-0.1, -0.05) is 30.3 Å². The van der Waals surface area contributed by atoms with Crippen LogP contribution in [0, 0.1) is 5.41 Å². The topological polar surface area (TPSA) is 143 Å². The molecular weight excluding hydrogens is 360 g/mol. The third-order valence-electron chi connectivity index (χ3n) is 4.37. The van der Waals surface area contributed by atoms with Crippen molar-refractivity contribution in [2.75, 3.05) is 6.61 Å². The lowest BCUT2D eigenvalue weighted by atomic mass is 9.93. The van der Waals surface area contributed by atoms with Crippen LogP contribution in [0.1, 0.15) is 19.4 Å². The molecule has 1 fully saturated rings. The molecule has 0 spiro atoms. The molecule has 0 saturated carbocycles. The molecule has 0 aromatic heterocycles. The summed E-state index contributed by atoms with van der Waals surface area (Å²) < 4.78 is 16.1. The maximum Gasteiger partial charge on any atom is 0.323 e. The first-order valence-electron chi connectivity index (χ1n) is 8.41. The summed E-state index contributed by atoms with van der Waals surface area (Å²) in [5.74, 6) is -2.53. The van der Waals surface area contributed by atoms with Gasteiger partial charge in [-0.2, -0.15) is 0 Å². The Labute approximate surface area is 156 Å². The van der Waals surface area contributed by atoms with E-state index in [-0.39, 0.29) is 6.61 Å². The Bertz CT molecular complexity index is 645. The van der Waals surface area contributed by atoms with Crippen LogP contribution >= 0.6 is 0 Å². The Balaban J connectivity index is 2.17.